The van der Waals surface area contributed by atoms with Crippen LogP contribution in [0.1, 0.15) is 95.3 Å². The summed E-state index contributed by atoms with van der Waals surface area (Å²) >= 11 is 12.2. The van der Waals surface area contributed by atoms with Crippen LogP contribution in [-0.2, 0) is 12.8 Å². The van der Waals surface area contributed by atoms with Crippen molar-refractivity contribution >= 4 is 34.2 Å². The fourth-order valence-electron chi connectivity index (χ4n) is 4.28. The molecular formula is C25H34Cl2N4O. The summed E-state index contributed by atoms with van der Waals surface area (Å²) in [4.78, 5) is 21.0. The molecule has 0 saturated carbocycles. The number of aromatic nitrogens is 4. The van der Waals surface area contributed by atoms with Crippen LogP contribution in [-0.4, -0.2) is 19.7 Å². The van der Waals surface area contributed by atoms with Gasteiger partial charge >= 0.3 is 0 Å². The van der Waals surface area contributed by atoms with Crippen LogP contribution in [0.5, 0.6) is 0 Å². The van der Waals surface area contributed by atoms with Gasteiger partial charge < -0.3 is 4.98 Å². The molecule has 32 heavy (non-hydrogen) atoms. The highest BCUT2D eigenvalue weighted by molar-refractivity contribution is 6.42. The van der Waals surface area contributed by atoms with Crippen molar-refractivity contribution < 1.29 is 0 Å². The third kappa shape index (κ3) is 5.93. The number of benzene rings is 1. The van der Waals surface area contributed by atoms with Gasteiger partial charge in [-0.2, -0.15) is 5.10 Å². The molecule has 0 saturated heterocycles. The van der Waals surface area contributed by atoms with E-state index in [-0.39, 0.29) is 11.6 Å². The van der Waals surface area contributed by atoms with Gasteiger partial charge in [0.1, 0.15) is 11.2 Å². The Morgan fingerprint density at radius 3 is 2.50 bits per heavy atom. The average Bonchev–Trinajstić information content (AvgIpc) is 3.12. The summed E-state index contributed by atoms with van der Waals surface area (Å²) in [6.07, 6.45) is 10.2. The van der Waals surface area contributed by atoms with Gasteiger partial charge in [0.15, 0.2) is 5.65 Å². The van der Waals surface area contributed by atoms with E-state index in [4.69, 9.17) is 33.3 Å². The number of fused-ring (bicyclic) bond motifs is 1. The van der Waals surface area contributed by atoms with Gasteiger partial charge in [0.25, 0.3) is 5.56 Å². The number of hydrogen-bond acceptors (Lipinski definition) is 3. The molecule has 3 rings (SSSR count). The Kier molecular flexibility index (Phi) is 9.18. The summed E-state index contributed by atoms with van der Waals surface area (Å²) in [5, 5.41) is 6.58. The maximum Gasteiger partial charge on any atom is 0.262 e. The third-order valence-corrected chi connectivity index (χ3v) is 6.62. The highest BCUT2D eigenvalue weighted by Crippen LogP contribution is 2.27. The minimum Gasteiger partial charge on any atom is -0.310 e. The van der Waals surface area contributed by atoms with E-state index in [0.29, 0.717) is 33.3 Å². The Hall–Kier alpha value is -1.85. The number of H-pyrrole nitrogens is 1. The molecule has 1 N–H and O–H groups in total. The van der Waals surface area contributed by atoms with Gasteiger partial charge in [0.05, 0.1) is 21.8 Å². The molecule has 0 aliphatic heterocycles. The van der Waals surface area contributed by atoms with E-state index in [1.165, 1.54) is 25.7 Å². The SMILES string of the molecule is CCCCCCC(CCC)n1nc(CCC)c2c(=O)[nH]c(Cc3ccc(Cl)c(Cl)c3)nc21. The van der Waals surface area contributed by atoms with Crippen molar-refractivity contribution in [3.8, 4) is 0 Å². The molecule has 0 bridgehead atoms. The lowest BCUT2D eigenvalue weighted by atomic mass is 10.0. The quantitative estimate of drug-likeness (QED) is 0.279. The van der Waals surface area contributed by atoms with Crippen molar-refractivity contribution in [2.24, 2.45) is 0 Å². The first-order valence-corrected chi connectivity index (χ1v) is 12.7. The van der Waals surface area contributed by atoms with E-state index in [2.05, 4.69) is 25.8 Å². The second-order valence-electron chi connectivity index (χ2n) is 8.57. The van der Waals surface area contributed by atoms with Gasteiger partial charge in [-0.1, -0.05) is 88.6 Å². The Labute approximate surface area is 200 Å². The predicted molar refractivity (Wildman–Crippen MR) is 134 cm³/mol. The smallest absolute Gasteiger partial charge is 0.262 e. The van der Waals surface area contributed by atoms with E-state index in [0.717, 1.165) is 43.4 Å². The van der Waals surface area contributed by atoms with Crippen LogP contribution >= 0.6 is 23.2 Å². The molecule has 0 radical (unpaired) electrons. The maximum absolute atomic E-state index is 13.1. The highest BCUT2D eigenvalue weighted by atomic mass is 35.5. The van der Waals surface area contributed by atoms with E-state index < -0.39 is 0 Å². The molecule has 1 unspecified atom stereocenters. The number of nitrogens with zero attached hydrogens (tertiary/aromatic N) is 3. The van der Waals surface area contributed by atoms with Crippen molar-refractivity contribution in [1.29, 1.82) is 0 Å². The van der Waals surface area contributed by atoms with E-state index in [1.54, 1.807) is 6.07 Å². The zero-order valence-corrected chi connectivity index (χ0v) is 20.9. The first-order chi connectivity index (χ1) is 15.5. The number of hydrogen-bond donors (Lipinski definition) is 1. The molecule has 1 aromatic carbocycles. The first kappa shape index (κ1) is 24.8. The summed E-state index contributed by atoms with van der Waals surface area (Å²) in [5.74, 6) is 0.617. The molecule has 7 heteroatoms. The Morgan fingerprint density at radius 2 is 1.81 bits per heavy atom. The minimum absolute atomic E-state index is 0.110. The van der Waals surface area contributed by atoms with Gasteiger partial charge in [0.2, 0.25) is 0 Å². The van der Waals surface area contributed by atoms with Crippen molar-refractivity contribution in [2.75, 3.05) is 0 Å². The van der Waals surface area contributed by atoms with Gasteiger partial charge in [-0.15, -0.1) is 0 Å². The van der Waals surface area contributed by atoms with Gasteiger partial charge in [-0.25, -0.2) is 9.67 Å². The third-order valence-electron chi connectivity index (χ3n) is 5.88. The first-order valence-electron chi connectivity index (χ1n) is 11.9. The molecule has 1 atom stereocenters. The highest BCUT2D eigenvalue weighted by Gasteiger charge is 2.21. The molecule has 0 amide bonds. The fraction of sp³-hybridized carbons (Fsp3) is 0.560. The molecule has 0 spiro atoms. The van der Waals surface area contributed by atoms with Crippen LogP contribution in [0.2, 0.25) is 10.0 Å². The van der Waals surface area contributed by atoms with Crippen molar-refractivity contribution in [3.05, 3.63) is 55.7 Å². The van der Waals surface area contributed by atoms with Crippen LogP contribution in [0, 0.1) is 0 Å². The number of rotatable bonds is 12. The second kappa shape index (κ2) is 11.9. The molecular weight excluding hydrogens is 443 g/mol. The lowest BCUT2D eigenvalue weighted by Crippen LogP contribution is -2.16. The molecule has 0 aliphatic rings. The van der Waals surface area contributed by atoms with Crippen molar-refractivity contribution in [2.45, 2.75) is 91.0 Å². The summed E-state index contributed by atoms with van der Waals surface area (Å²) in [6.45, 7) is 6.54. The number of nitrogens with one attached hydrogen (secondary N) is 1. The zero-order valence-electron chi connectivity index (χ0n) is 19.4. The fourth-order valence-corrected chi connectivity index (χ4v) is 4.60. The minimum atomic E-state index is -0.110. The normalized spacial score (nSPS) is 12.5. The molecule has 5 nitrogen and oxygen atoms in total. The predicted octanol–water partition coefficient (Wildman–Crippen LogP) is 7.28. The van der Waals surface area contributed by atoms with E-state index >= 15 is 0 Å². The summed E-state index contributed by atoms with van der Waals surface area (Å²) in [5.41, 5.74) is 2.40. The van der Waals surface area contributed by atoms with Gasteiger partial charge in [-0.05, 0) is 37.0 Å². The summed E-state index contributed by atoms with van der Waals surface area (Å²) < 4.78 is 2.04. The van der Waals surface area contributed by atoms with Crippen molar-refractivity contribution in [1.82, 2.24) is 19.7 Å². The Balaban J connectivity index is 2.02. The number of halogens is 2. The number of aryl methyl sites for hydroxylation is 1. The Bertz CT molecular complexity index is 1090. The largest absolute Gasteiger partial charge is 0.310 e. The van der Waals surface area contributed by atoms with Crippen LogP contribution in [0.4, 0.5) is 0 Å². The number of aromatic amines is 1. The summed E-state index contributed by atoms with van der Waals surface area (Å²) in [7, 11) is 0. The standard InChI is InChI=1S/C25H34Cl2N4O/c1-4-7-8-9-12-18(10-5-2)31-24-23(21(30-31)11-6-3)25(32)29-22(28-24)16-17-13-14-19(26)20(27)15-17/h13-15,18H,4-12,16H2,1-3H3,(H,28,29,32). The number of unbranched alkanes of at least 4 members (excludes halogenated alkanes) is 3. The van der Waals surface area contributed by atoms with Gasteiger partial charge in [-0.3, -0.25) is 4.79 Å². The van der Waals surface area contributed by atoms with Crippen LogP contribution in [0.15, 0.2) is 23.0 Å². The second-order valence-corrected chi connectivity index (χ2v) is 9.38. The van der Waals surface area contributed by atoms with Gasteiger partial charge in [0, 0.05) is 6.42 Å². The average molecular weight is 477 g/mol. The molecule has 2 aromatic heterocycles. The van der Waals surface area contributed by atoms with E-state index in [9.17, 15) is 4.79 Å². The van der Waals surface area contributed by atoms with Crippen LogP contribution in [0.25, 0.3) is 11.0 Å². The lowest BCUT2D eigenvalue weighted by Gasteiger charge is -2.17. The summed E-state index contributed by atoms with van der Waals surface area (Å²) in [6, 6.07) is 5.76. The monoisotopic (exact) mass is 476 g/mol. The topological polar surface area (TPSA) is 63.6 Å². The molecule has 174 valence electrons. The van der Waals surface area contributed by atoms with Crippen molar-refractivity contribution in [3.63, 3.8) is 0 Å². The zero-order chi connectivity index (χ0) is 23.1. The maximum atomic E-state index is 13.1. The molecule has 3 aromatic rings. The Morgan fingerprint density at radius 1 is 1.00 bits per heavy atom. The van der Waals surface area contributed by atoms with Crippen LogP contribution < -0.4 is 5.56 Å². The van der Waals surface area contributed by atoms with E-state index in [1.807, 2.05) is 16.8 Å². The lowest BCUT2D eigenvalue weighted by molar-refractivity contribution is 0.384. The molecule has 0 fully saturated rings. The molecule has 2 heterocycles. The molecule has 0 aliphatic carbocycles. The van der Waals surface area contributed by atoms with Crippen LogP contribution in [0.3, 0.4) is 0 Å².